The first kappa shape index (κ1) is 10.1. The lowest BCUT2D eigenvalue weighted by molar-refractivity contribution is -0.150. The van der Waals surface area contributed by atoms with E-state index in [2.05, 4.69) is 0 Å². The molecule has 2 bridgehead atoms. The predicted octanol–water partition coefficient (Wildman–Crippen LogP) is 2.08. The maximum atomic E-state index is 11.2. The summed E-state index contributed by atoms with van der Waals surface area (Å²) in [5.41, 5.74) is 0.521. The first-order chi connectivity index (χ1) is 7.65. The monoisotopic (exact) mass is 238 g/mol. The van der Waals surface area contributed by atoms with Crippen molar-refractivity contribution in [2.45, 2.75) is 17.9 Å². The Bertz CT molecular complexity index is 455. The van der Waals surface area contributed by atoms with Crippen LogP contribution in [-0.2, 0) is 14.9 Å². The molecule has 0 amide bonds. The topological polar surface area (TPSA) is 46.5 Å². The Labute approximate surface area is 98.0 Å². The van der Waals surface area contributed by atoms with Gasteiger partial charge in [0.2, 0.25) is 0 Å². The highest BCUT2D eigenvalue weighted by Gasteiger charge is 2.65. The largest absolute Gasteiger partial charge is 0.481 e. The van der Waals surface area contributed by atoms with Crippen molar-refractivity contribution in [2.75, 3.05) is 6.61 Å². The Kier molecular flexibility index (Phi) is 2.03. The van der Waals surface area contributed by atoms with Gasteiger partial charge in [-0.3, -0.25) is 4.79 Å². The van der Waals surface area contributed by atoms with Crippen molar-refractivity contribution in [3.63, 3.8) is 0 Å². The Morgan fingerprint density at radius 3 is 2.88 bits per heavy atom. The van der Waals surface area contributed by atoms with Gasteiger partial charge in [-0.2, -0.15) is 0 Å². The summed E-state index contributed by atoms with van der Waals surface area (Å²) in [5, 5.41) is 9.85. The van der Waals surface area contributed by atoms with Crippen LogP contribution >= 0.6 is 11.6 Å². The fraction of sp³-hybridized carbons (Fsp3) is 0.417. The summed E-state index contributed by atoms with van der Waals surface area (Å²) in [4.78, 5) is 11.2. The second kappa shape index (κ2) is 3.22. The van der Waals surface area contributed by atoms with E-state index in [4.69, 9.17) is 16.3 Å². The van der Waals surface area contributed by atoms with Crippen molar-refractivity contribution < 1.29 is 14.6 Å². The number of rotatable bonds is 2. The van der Waals surface area contributed by atoms with Gasteiger partial charge in [0.25, 0.3) is 0 Å². The third-order valence-electron chi connectivity index (χ3n) is 3.76. The van der Waals surface area contributed by atoms with Gasteiger partial charge in [0.15, 0.2) is 0 Å². The molecule has 3 fully saturated rings. The normalized spacial score (nSPS) is 35.8. The average molecular weight is 239 g/mol. The lowest BCUT2D eigenvalue weighted by Crippen LogP contribution is -2.52. The van der Waals surface area contributed by atoms with Crippen molar-refractivity contribution in [3.05, 3.63) is 34.9 Å². The van der Waals surface area contributed by atoms with Gasteiger partial charge < -0.3 is 9.84 Å². The number of aliphatic carboxylic acids is 1. The highest BCUT2D eigenvalue weighted by molar-refractivity contribution is 6.31. The van der Waals surface area contributed by atoms with Gasteiger partial charge in [-0.15, -0.1) is 0 Å². The van der Waals surface area contributed by atoms with E-state index in [9.17, 15) is 9.90 Å². The van der Waals surface area contributed by atoms with E-state index in [1.807, 2.05) is 18.2 Å². The predicted molar refractivity (Wildman–Crippen MR) is 58.6 cm³/mol. The molecule has 1 aliphatic carbocycles. The standard InChI is InChI=1S/C12H11ClO3/c13-8-4-2-1-3-7(8)12-5-9(16-6-12)10(12)11(14)15/h1-4,9-10H,5-6H2,(H,14,15). The van der Waals surface area contributed by atoms with Crippen LogP contribution in [0.3, 0.4) is 0 Å². The Hall–Kier alpha value is -1.06. The molecule has 16 heavy (non-hydrogen) atoms. The second-order valence-corrected chi connectivity index (χ2v) is 4.91. The van der Waals surface area contributed by atoms with Crippen LogP contribution in [0.4, 0.5) is 0 Å². The quantitative estimate of drug-likeness (QED) is 0.858. The highest BCUT2D eigenvalue weighted by Crippen LogP contribution is 2.57. The van der Waals surface area contributed by atoms with Crippen LogP contribution in [0.2, 0.25) is 5.02 Å². The van der Waals surface area contributed by atoms with Crippen LogP contribution < -0.4 is 0 Å². The maximum Gasteiger partial charge on any atom is 0.310 e. The smallest absolute Gasteiger partial charge is 0.310 e. The Balaban J connectivity index is 2.07. The molecular weight excluding hydrogens is 228 g/mol. The van der Waals surface area contributed by atoms with Crippen molar-refractivity contribution in [2.24, 2.45) is 5.92 Å². The second-order valence-electron chi connectivity index (χ2n) is 4.51. The zero-order valence-electron chi connectivity index (χ0n) is 8.52. The van der Waals surface area contributed by atoms with Crippen molar-refractivity contribution in [1.82, 2.24) is 0 Å². The molecule has 0 spiro atoms. The molecule has 2 saturated heterocycles. The fourth-order valence-corrected chi connectivity index (χ4v) is 3.30. The zero-order valence-corrected chi connectivity index (χ0v) is 9.28. The molecule has 84 valence electrons. The molecule has 3 unspecified atom stereocenters. The number of benzene rings is 1. The number of fused-ring (bicyclic) bond motifs is 1. The molecule has 4 heteroatoms. The van der Waals surface area contributed by atoms with E-state index in [1.165, 1.54) is 0 Å². The third-order valence-corrected chi connectivity index (χ3v) is 4.09. The summed E-state index contributed by atoms with van der Waals surface area (Å²) in [6.07, 6.45) is 0.641. The van der Waals surface area contributed by atoms with Crippen LogP contribution in [0.15, 0.2) is 24.3 Å². The Morgan fingerprint density at radius 1 is 1.50 bits per heavy atom. The van der Waals surface area contributed by atoms with E-state index in [1.54, 1.807) is 6.07 Å². The van der Waals surface area contributed by atoms with Gasteiger partial charge in [-0.25, -0.2) is 0 Å². The SMILES string of the molecule is O=C(O)C1C2CC1(c1ccccc1Cl)CO2. The lowest BCUT2D eigenvalue weighted by Gasteiger charge is -2.42. The van der Waals surface area contributed by atoms with Crippen molar-refractivity contribution >= 4 is 17.6 Å². The molecule has 1 saturated carbocycles. The van der Waals surface area contributed by atoms with Crippen molar-refractivity contribution in [3.8, 4) is 0 Å². The van der Waals surface area contributed by atoms with Gasteiger partial charge >= 0.3 is 5.97 Å². The van der Waals surface area contributed by atoms with Crippen LogP contribution in [0.25, 0.3) is 0 Å². The summed E-state index contributed by atoms with van der Waals surface area (Å²) in [7, 11) is 0. The molecular formula is C12H11ClO3. The zero-order chi connectivity index (χ0) is 11.3. The fourth-order valence-electron chi connectivity index (χ4n) is 2.97. The van der Waals surface area contributed by atoms with E-state index in [-0.39, 0.29) is 6.10 Å². The van der Waals surface area contributed by atoms with E-state index in [0.717, 1.165) is 12.0 Å². The molecule has 3 atom stereocenters. The summed E-state index contributed by atoms with van der Waals surface area (Å²) in [6, 6.07) is 7.45. The van der Waals surface area contributed by atoms with E-state index < -0.39 is 17.3 Å². The van der Waals surface area contributed by atoms with Crippen LogP contribution in [-0.4, -0.2) is 23.8 Å². The van der Waals surface area contributed by atoms with Gasteiger partial charge in [-0.05, 0) is 18.1 Å². The number of carboxylic acid groups (broad SMARTS) is 1. The number of halogens is 1. The molecule has 3 nitrogen and oxygen atoms in total. The number of carboxylic acids is 1. The van der Waals surface area contributed by atoms with Gasteiger partial charge in [0.1, 0.15) is 0 Å². The Morgan fingerprint density at radius 2 is 2.25 bits per heavy atom. The molecule has 1 N–H and O–H groups in total. The summed E-state index contributed by atoms with van der Waals surface area (Å²) < 4.78 is 5.47. The molecule has 3 aliphatic rings. The molecule has 1 aromatic rings. The molecule has 1 aromatic carbocycles. The minimum absolute atomic E-state index is 0.131. The number of ether oxygens (including phenoxy) is 1. The van der Waals surface area contributed by atoms with Crippen molar-refractivity contribution in [1.29, 1.82) is 0 Å². The number of hydrogen-bond donors (Lipinski definition) is 1. The van der Waals surface area contributed by atoms with E-state index >= 15 is 0 Å². The highest BCUT2D eigenvalue weighted by atomic mass is 35.5. The van der Waals surface area contributed by atoms with Gasteiger partial charge in [-0.1, -0.05) is 29.8 Å². The van der Waals surface area contributed by atoms with Crippen LogP contribution in [0.5, 0.6) is 0 Å². The minimum atomic E-state index is -0.784. The first-order valence-electron chi connectivity index (χ1n) is 5.24. The average Bonchev–Trinajstić information content (AvgIpc) is 2.75. The number of carbonyl (C=O) groups is 1. The summed E-state index contributed by atoms with van der Waals surface area (Å²) in [5.74, 6) is -1.22. The summed E-state index contributed by atoms with van der Waals surface area (Å²) in [6.45, 7) is 0.471. The molecule has 2 heterocycles. The minimum Gasteiger partial charge on any atom is -0.481 e. The third kappa shape index (κ3) is 1.10. The lowest BCUT2D eigenvalue weighted by atomic mass is 9.57. The number of hydrogen-bond acceptors (Lipinski definition) is 2. The summed E-state index contributed by atoms with van der Waals surface area (Å²) >= 11 is 6.14. The molecule has 0 aromatic heterocycles. The molecule has 0 radical (unpaired) electrons. The molecule has 2 aliphatic heterocycles. The van der Waals surface area contributed by atoms with Crippen LogP contribution in [0.1, 0.15) is 12.0 Å². The molecule has 4 rings (SSSR count). The van der Waals surface area contributed by atoms with Crippen LogP contribution in [0, 0.1) is 5.92 Å². The first-order valence-corrected chi connectivity index (χ1v) is 5.62. The maximum absolute atomic E-state index is 11.2. The van der Waals surface area contributed by atoms with E-state index in [0.29, 0.717) is 11.6 Å². The van der Waals surface area contributed by atoms with Gasteiger partial charge in [0, 0.05) is 10.4 Å². The van der Waals surface area contributed by atoms with Gasteiger partial charge in [0.05, 0.1) is 18.6 Å².